The standard InChI is InChI=1S/C14H14BrClN2O2S/c1-18(9-10-2-4-11(15)5-3-10)21(19,20)14-7-6-12(17)8-13(14)16/h2-8H,9,17H2,1H3. The van der Waals surface area contributed by atoms with Crippen LogP contribution in [0.4, 0.5) is 5.69 Å². The fourth-order valence-electron chi connectivity index (χ4n) is 1.83. The maximum Gasteiger partial charge on any atom is 0.244 e. The molecule has 0 aromatic heterocycles. The normalized spacial score (nSPS) is 11.8. The van der Waals surface area contributed by atoms with Crippen molar-refractivity contribution in [1.82, 2.24) is 4.31 Å². The minimum absolute atomic E-state index is 0.0537. The summed E-state index contributed by atoms with van der Waals surface area (Å²) in [4.78, 5) is 0.0537. The van der Waals surface area contributed by atoms with Gasteiger partial charge in [-0.05, 0) is 35.9 Å². The molecule has 2 N–H and O–H groups in total. The Morgan fingerprint density at radius 2 is 1.81 bits per heavy atom. The van der Waals surface area contributed by atoms with Crippen molar-refractivity contribution in [2.75, 3.05) is 12.8 Å². The van der Waals surface area contributed by atoms with Crippen LogP contribution in [0.15, 0.2) is 51.8 Å². The van der Waals surface area contributed by atoms with Gasteiger partial charge in [0.25, 0.3) is 0 Å². The lowest BCUT2D eigenvalue weighted by Gasteiger charge is -2.18. The first-order valence-corrected chi connectivity index (χ1v) is 8.67. The number of benzene rings is 2. The number of rotatable bonds is 4. The van der Waals surface area contributed by atoms with E-state index in [4.69, 9.17) is 17.3 Å². The first kappa shape index (κ1) is 16.3. The van der Waals surface area contributed by atoms with Crippen molar-refractivity contribution < 1.29 is 8.42 Å². The quantitative estimate of drug-likeness (QED) is 0.814. The molecule has 0 amide bonds. The molecular formula is C14H14BrClN2O2S. The van der Waals surface area contributed by atoms with Crippen LogP contribution in [-0.2, 0) is 16.6 Å². The molecule has 21 heavy (non-hydrogen) atoms. The number of nitrogens with two attached hydrogens (primary N) is 1. The second-order valence-corrected chi connectivity index (χ2v) is 7.91. The van der Waals surface area contributed by atoms with Crippen LogP contribution in [0.3, 0.4) is 0 Å². The maximum atomic E-state index is 12.5. The highest BCUT2D eigenvalue weighted by Crippen LogP contribution is 2.27. The molecule has 2 aromatic rings. The molecular weight excluding hydrogens is 376 g/mol. The summed E-state index contributed by atoms with van der Waals surface area (Å²) in [7, 11) is -2.14. The van der Waals surface area contributed by atoms with E-state index in [1.165, 1.54) is 29.6 Å². The van der Waals surface area contributed by atoms with Crippen LogP contribution in [0.1, 0.15) is 5.56 Å². The Kier molecular flexibility index (Phi) is 4.93. The summed E-state index contributed by atoms with van der Waals surface area (Å²) in [5, 5.41) is 0.123. The number of hydrogen-bond donors (Lipinski definition) is 1. The lowest BCUT2D eigenvalue weighted by molar-refractivity contribution is 0.467. The average Bonchev–Trinajstić information content (AvgIpc) is 2.40. The molecule has 2 aromatic carbocycles. The molecule has 4 nitrogen and oxygen atoms in total. The SMILES string of the molecule is CN(Cc1ccc(Br)cc1)S(=O)(=O)c1ccc(N)cc1Cl. The van der Waals surface area contributed by atoms with E-state index in [9.17, 15) is 8.42 Å². The molecule has 0 unspecified atom stereocenters. The minimum Gasteiger partial charge on any atom is -0.399 e. The highest BCUT2D eigenvalue weighted by molar-refractivity contribution is 9.10. The van der Waals surface area contributed by atoms with E-state index in [1.54, 1.807) is 0 Å². The number of halogens is 2. The van der Waals surface area contributed by atoms with Gasteiger partial charge in [-0.3, -0.25) is 0 Å². The predicted molar refractivity (Wildman–Crippen MR) is 88.7 cm³/mol. The van der Waals surface area contributed by atoms with Gasteiger partial charge in [-0.1, -0.05) is 39.7 Å². The first-order chi connectivity index (χ1) is 9.80. The lowest BCUT2D eigenvalue weighted by atomic mass is 10.2. The van der Waals surface area contributed by atoms with Crippen LogP contribution in [0.5, 0.6) is 0 Å². The largest absolute Gasteiger partial charge is 0.399 e. The van der Waals surface area contributed by atoms with Crippen LogP contribution in [0.2, 0.25) is 5.02 Å². The van der Waals surface area contributed by atoms with E-state index in [1.807, 2.05) is 24.3 Å². The Hall–Kier alpha value is -1.08. The third-order valence-corrected chi connectivity index (χ3v) is 5.78. The van der Waals surface area contributed by atoms with Crippen molar-refractivity contribution in [1.29, 1.82) is 0 Å². The first-order valence-electron chi connectivity index (χ1n) is 6.06. The summed E-state index contributed by atoms with van der Waals surface area (Å²) in [6, 6.07) is 11.8. The van der Waals surface area contributed by atoms with Crippen LogP contribution in [0, 0.1) is 0 Å². The zero-order valence-electron chi connectivity index (χ0n) is 11.3. The predicted octanol–water partition coefficient (Wildman–Crippen LogP) is 3.51. The van der Waals surface area contributed by atoms with Gasteiger partial charge < -0.3 is 5.73 Å². The van der Waals surface area contributed by atoms with E-state index < -0.39 is 10.0 Å². The molecule has 112 valence electrons. The summed E-state index contributed by atoms with van der Waals surface area (Å²) in [5.74, 6) is 0. The van der Waals surface area contributed by atoms with Gasteiger partial charge in [0.05, 0.1) is 5.02 Å². The average molecular weight is 390 g/mol. The number of hydrogen-bond acceptors (Lipinski definition) is 3. The van der Waals surface area contributed by atoms with Gasteiger partial charge in [-0.15, -0.1) is 0 Å². The van der Waals surface area contributed by atoms with Gasteiger partial charge >= 0.3 is 0 Å². The van der Waals surface area contributed by atoms with Gasteiger partial charge in [0, 0.05) is 23.8 Å². The van der Waals surface area contributed by atoms with E-state index >= 15 is 0 Å². The highest BCUT2D eigenvalue weighted by Gasteiger charge is 2.23. The summed E-state index contributed by atoms with van der Waals surface area (Å²) >= 11 is 9.33. The summed E-state index contributed by atoms with van der Waals surface area (Å²) in [6.45, 7) is 0.260. The minimum atomic E-state index is -3.66. The number of anilines is 1. The lowest BCUT2D eigenvalue weighted by Crippen LogP contribution is -2.26. The fourth-order valence-corrected chi connectivity index (χ4v) is 3.77. The molecule has 0 aliphatic heterocycles. The van der Waals surface area contributed by atoms with Crippen molar-refractivity contribution in [3.63, 3.8) is 0 Å². The Labute approximate surface area is 137 Å². The number of sulfonamides is 1. The van der Waals surface area contributed by atoms with Gasteiger partial charge in [0.2, 0.25) is 10.0 Å². The molecule has 7 heteroatoms. The molecule has 0 aliphatic carbocycles. The smallest absolute Gasteiger partial charge is 0.244 e. The topological polar surface area (TPSA) is 63.4 Å². The number of nitrogens with zero attached hydrogens (tertiary/aromatic N) is 1. The molecule has 0 radical (unpaired) electrons. The summed E-state index contributed by atoms with van der Waals surface area (Å²) < 4.78 is 27.3. The summed E-state index contributed by atoms with van der Waals surface area (Å²) in [6.07, 6.45) is 0. The van der Waals surface area contributed by atoms with Crippen molar-refractivity contribution in [2.24, 2.45) is 0 Å². The molecule has 0 aliphatic rings. The third kappa shape index (κ3) is 3.77. The molecule has 0 saturated heterocycles. The molecule has 0 saturated carbocycles. The van der Waals surface area contributed by atoms with E-state index in [0.29, 0.717) is 5.69 Å². The fraction of sp³-hybridized carbons (Fsp3) is 0.143. The van der Waals surface area contributed by atoms with E-state index in [2.05, 4.69) is 15.9 Å². The van der Waals surface area contributed by atoms with Gasteiger partial charge in [-0.2, -0.15) is 4.31 Å². The van der Waals surface area contributed by atoms with Crippen LogP contribution >= 0.6 is 27.5 Å². The molecule has 0 fully saturated rings. The Balaban J connectivity index is 2.28. The van der Waals surface area contributed by atoms with Crippen molar-refractivity contribution >= 4 is 43.2 Å². The second-order valence-electron chi connectivity index (χ2n) is 4.58. The zero-order valence-corrected chi connectivity index (χ0v) is 14.4. The zero-order chi connectivity index (χ0) is 15.6. The second kappa shape index (κ2) is 6.36. The molecule has 0 bridgehead atoms. The van der Waals surface area contributed by atoms with Gasteiger partial charge in [0.1, 0.15) is 4.90 Å². The Morgan fingerprint density at radius 1 is 1.19 bits per heavy atom. The Bertz CT molecular complexity index is 748. The molecule has 0 atom stereocenters. The maximum absolute atomic E-state index is 12.5. The van der Waals surface area contributed by atoms with Crippen LogP contribution < -0.4 is 5.73 Å². The van der Waals surface area contributed by atoms with Crippen LogP contribution in [-0.4, -0.2) is 19.8 Å². The Morgan fingerprint density at radius 3 is 2.38 bits per heavy atom. The summed E-state index contributed by atoms with van der Waals surface area (Å²) in [5.41, 5.74) is 6.90. The van der Waals surface area contributed by atoms with Crippen molar-refractivity contribution in [3.05, 3.63) is 57.5 Å². The van der Waals surface area contributed by atoms with Gasteiger partial charge in [0.15, 0.2) is 0 Å². The molecule has 0 spiro atoms. The molecule has 0 heterocycles. The highest BCUT2D eigenvalue weighted by atomic mass is 79.9. The van der Waals surface area contributed by atoms with Crippen molar-refractivity contribution in [3.8, 4) is 0 Å². The van der Waals surface area contributed by atoms with Gasteiger partial charge in [-0.25, -0.2) is 8.42 Å². The monoisotopic (exact) mass is 388 g/mol. The van der Waals surface area contributed by atoms with Crippen LogP contribution in [0.25, 0.3) is 0 Å². The number of nitrogen functional groups attached to an aromatic ring is 1. The molecule has 2 rings (SSSR count). The van der Waals surface area contributed by atoms with Crippen molar-refractivity contribution in [2.45, 2.75) is 11.4 Å². The third-order valence-electron chi connectivity index (χ3n) is 2.96. The van der Waals surface area contributed by atoms with E-state index in [-0.39, 0.29) is 16.5 Å². The van der Waals surface area contributed by atoms with E-state index in [0.717, 1.165) is 10.0 Å².